The van der Waals surface area contributed by atoms with E-state index in [0.29, 0.717) is 18.0 Å². The van der Waals surface area contributed by atoms with Crippen LogP contribution >= 0.6 is 0 Å². The van der Waals surface area contributed by atoms with Crippen LogP contribution < -0.4 is 19.9 Å². The predicted molar refractivity (Wildman–Crippen MR) is 84.5 cm³/mol. The molecular weight excluding hydrogens is 266 g/mol. The van der Waals surface area contributed by atoms with Crippen molar-refractivity contribution in [2.24, 2.45) is 5.73 Å². The van der Waals surface area contributed by atoms with Crippen LogP contribution in [0.1, 0.15) is 45.1 Å². The highest BCUT2D eigenvalue weighted by atomic mass is 16.5. The van der Waals surface area contributed by atoms with E-state index in [-0.39, 0.29) is 11.5 Å². The van der Waals surface area contributed by atoms with Crippen molar-refractivity contribution in [2.75, 3.05) is 20.8 Å². The van der Waals surface area contributed by atoms with Crippen molar-refractivity contribution in [1.29, 1.82) is 0 Å². The van der Waals surface area contributed by atoms with Crippen molar-refractivity contribution >= 4 is 0 Å². The van der Waals surface area contributed by atoms with Gasteiger partial charge < -0.3 is 19.9 Å². The molecule has 0 aliphatic heterocycles. The summed E-state index contributed by atoms with van der Waals surface area (Å²) < 4.78 is 17.1. The molecule has 1 aliphatic rings. The number of benzene rings is 1. The Morgan fingerprint density at radius 3 is 2.24 bits per heavy atom. The second-order valence-electron chi connectivity index (χ2n) is 6.04. The molecule has 0 atom stereocenters. The molecule has 2 N–H and O–H groups in total. The second-order valence-corrected chi connectivity index (χ2v) is 6.04. The van der Waals surface area contributed by atoms with E-state index < -0.39 is 0 Å². The largest absolute Gasteiger partial charge is 0.493 e. The lowest BCUT2D eigenvalue weighted by molar-refractivity contribution is 0.218. The summed E-state index contributed by atoms with van der Waals surface area (Å²) in [7, 11) is 3.30. The van der Waals surface area contributed by atoms with Gasteiger partial charge in [-0.2, -0.15) is 0 Å². The Balaban J connectivity index is 2.58. The molecule has 1 fully saturated rings. The average Bonchev–Trinajstić information content (AvgIpc) is 2.96. The Kier molecular flexibility index (Phi) is 4.99. The predicted octanol–water partition coefficient (Wildman–Crippen LogP) is 3.26. The van der Waals surface area contributed by atoms with Crippen LogP contribution in [0.15, 0.2) is 12.1 Å². The molecule has 1 aromatic carbocycles. The number of hydrogen-bond acceptors (Lipinski definition) is 4. The number of rotatable bonds is 6. The van der Waals surface area contributed by atoms with Gasteiger partial charge in [-0.05, 0) is 32.8 Å². The van der Waals surface area contributed by atoms with Crippen molar-refractivity contribution in [3.63, 3.8) is 0 Å². The molecule has 1 aliphatic carbocycles. The first-order valence-electron chi connectivity index (χ1n) is 7.70. The summed E-state index contributed by atoms with van der Waals surface area (Å²) in [6.45, 7) is 4.68. The van der Waals surface area contributed by atoms with E-state index in [4.69, 9.17) is 19.9 Å². The Morgan fingerprint density at radius 1 is 1.10 bits per heavy atom. The van der Waals surface area contributed by atoms with Crippen molar-refractivity contribution in [3.05, 3.63) is 17.7 Å². The van der Waals surface area contributed by atoms with Crippen LogP contribution in [0.5, 0.6) is 17.2 Å². The van der Waals surface area contributed by atoms with Crippen molar-refractivity contribution in [3.8, 4) is 17.2 Å². The van der Waals surface area contributed by atoms with Gasteiger partial charge in [-0.15, -0.1) is 0 Å². The molecular formula is C17H27NO3. The Morgan fingerprint density at radius 2 is 1.76 bits per heavy atom. The minimum absolute atomic E-state index is 0.00374. The highest BCUT2D eigenvalue weighted by Crippen LogP contribution is 2.50. The third-order valence-electron chi connectivity index (χ3n) is 4.38. The summed E-state index contributed by atoms with van der Waals surface area (Å²) >= 11 is 0. The number of hydrogen-bond donors (Lipinski definition) is 1. The number of ether oxygens (including phenoxy) is 3. The van der Waals surface area contributed by atoms with Gasteiger partial charge in [0.05, 0.1) is 20.3 Å². The second kappa shape index (κ2) is 6.56. The maximum absolute atomic E-state index is 6.13. The SMILES string of the molecule is COc1ccc(C2(CN)CCCC2)c(OC(C)C)c1OC. The first-order valence-corrected chi connectivity index (χ1v) is 7.70. The molecule has 0 unspecified atom stereocenters. The van der Waals surface area contributed by atoms with Gasteiger partial charge in [-0.1, -0.05) is 18.9 Å². The van der Waals surface area contributed by atoms with Crippen LogP contribution in [-0.2, 0) is 5.41 Å². The van der Waals surface area contributed by atoms with E-state index in [1.807, 2.05) is 19.9 Å². The molecule has 1 saturated carbocycles. The number of nitrogens with two attached hydrogens (primary N) is 1. The maximum Gasteiger partial charge on any atom is 0.203 e. The fourth-order valence-electron chi connectivity index (χ4n) is 3.30. The van der Waals surface area contributed by atoms with Gasteiger partial charge in [-0.3, -0.25) is 0 Å². The molecule has 0 amide bonds. The smallest absolute Gasteiger partial charge is 0.203 e. The quantitative estimate of drug-likeness (QED) is 0.874. The van der Waals surface area contributed by atoms with Crippen molar-refractivity contribution < 1.29 is 14.2 Å². The standard InChI is InChI=1S/C17H27NO3/c1-12(2)21-15-13(17(11-18)9-5-6-10-17)7-8-14(19-3)16(15)20-4/h7-8,12H,5-6,9-11,18H2,1-4H3. The summed E-state index contributed by atoms with van der Waals surface area (Å²) in [5, 5.41) is 0. The van der Waals surface area contributed by atoms with Crippen molar-refractivity contribution in [1.82, 2.24) is 0 Å². The molecule has 0 aromatic heterocycles. The van der Waals surface area contributed by atoms with Gasteiger partial charge in [0.25, 0.3) is 0 Å². The van der Waals surface area contributed by atoms with Gasteiger partial charge in [0.15, 0.2) is 11.5 Å². The minimum Gasteiger partial charge on any atom is -0.493 e. The first kappa shape index (κ1) is 16.0. The Hall–Kier alpha value is -1.42. The molecule has 4 heteroatoms. The topological polar surface area (TPSA) is 53.7 Å². The lowest BCUT2D eigenvalue weighted by Gasteiger charge is -2.31. The van der Waals surface area contributed by atoms with Crippen LogP contribution in [0.2, 0.25) is 0 Å². The van der Waals surface area contributed by atoms with Crippen LogP contribution in [-0.4, -0.2) is 26.9 Å². The van der Waals surface area contributed by atoms with Gasteiger partial charge in [0.2, 0.25) is 5.75 Å². The zero-order chi connectivity index (χ0) is 15.5. The van der Waals surface area contributed by atoms with Crippen LogP contribution in [0.25, 0.3) is 0 Å². The van der Waals surface area contributed by atoms with E-state index in [1.54, 1.807) is 14.2 Å². The van der Waals surface area contributed by atoms with Gasteiger partial charge in [0, 0.05) is 17.5 Å². The van der Waals surface area contributed by atoms with Gasteiger partial charge >= 0.3 is 0 Å². The van der Waals surface area contributed by atoms with Crippen molar-refractivity contribution in [2.45, 2.75) is 51.0 Å². The van der Waals surface area contributed by atoms with E-state index in [1.165, 1.54) is 12.8 Å². The molecule has 0 bridgehead atoms. The third-order valence-corrected chi connectivity index (χ3v) is 4.38. The van der Waals surface area contributed by atoms with Crippen LogP contribution in [0.3, 0.4) is 0 Å². The third kappa shape index (κ3) is 2.95. The summed E-state index contributed by atoms with van der Waals surface area (Å²) in [5.74, 6) is 2.16. The van der Waals surface area contributed by atoms with E-state index >= 15 is 0 Å². The molecule has 1 aromatic rings. The van der Waals surface area contributed by atoms with E-state index in [2.05, 4.69) is 6.07 Å². The Labute approximate surface area is 127 Å². The van der Waals surface area contributed by atoms with Crippen LogP contribution in [0, 0.1) is 0 Å². The highest BCUT2D eigenvalue weighted by molar-refractivity contribution is 5.58. The molecule has 0 heterocycles. The summed E-state index contributed by atoms with van der Waals surface area (Å²) in [5.41, 5.74) is 7.30. The molecule has 4 nitrogen and oxygen atoms in total. The highest BCUT2D eigenvalue weighted by Gasteiger charge is 2.38. The molecule has 0 saturated heterocycles. The normalized spacial score (nSPS) is 17.0. The molecule has 0 radical (unpaired) electrons. The van der Waals surface area contributed by atoms with E-state index in [0.717, 1.165) is 24.2 Å². The van der Waals surface area contributed by atoms with Gasteiger partial charge in [-0.25, -0.2) is 0 Å². The lowest BCUT2D eigenvalue weighted by Crippen LogP contribution is -2.33. The minimum atomic E-state index is 0.00374. The molecule has 2 rings (SSSR count). The molecule has 0 spiro atoms. The average molecular weight is 293 g/mol. The molecule has 118 valence electrons. The Bertz CT molecular complexity index is 479. The fraction of sp³-hybridized carbons (Fsp3) is 0.647. The summed E-state index contributed by atoms with van der Waals surface area (Å²) in [6.07, 6.45) is 4.71. The van der Waals surface area contributed by atoms with E-state index in [9.17, 15) is 0 Å². The van der Waals surface area contributed by atoms with Gasteiger partial charge in [0.1, 0.15) is 0 Å². The van der Waals surface area contributed by atoms with Crippen LogP contribution in [0.4, 0.5) is 0 Å². The number of methoxy groups -OCH3 is 2. The maximum atomic E-state index is 6.13. The summed E-state index contributed by atoms with van der Waals surface area (Å²) in [4.78, 5) is 0. The monoisotopic (exact) mass is 293 g/mol. The zero-order valence-corrected chi connectivity index (χ0v) is 13.6. The molecule has 21 heavy (non-hydrogen) atoms. The zero-order valence-electron chi connectivity index (χ0n) is 13.6. The lowest BCUT2D eigenvalue weighted by atomic mass is 9.78. The summed E-state index contributed by atoms with van der Waals surface area (Å²) in [6, 6.07) is 4.05. The fourth-order valence-corrected chi connectivity index (χ4v) is 3.30. The first-order chi connectivity index (χ1) is 10.1.